The Kier molecular flexibility index (Phi) is 5.89. The van der Waals surface area contributed by atoms with Crippen molar-refractivity contribution in [2.24, 2.45) is 29.7 Å². The van der Waals surface area contributed by atoms with E-state index in [1.807, 2.05) is 17.9 Å². The molecule has 2 aliphatic carbocycles. The third-order valence-corrected chi connectivity index (χ3v) is 8.99. The summed E-state index contributed by atoms with van der Waals surface area (Å²) in [6.45, 7) is 12.4. The van der Waals surface area contributed by atoms with Crippen LogP contribution in [0.4, 0.5) is 5.82 Å². The molecule has 0 spiro atoms. The molecule has 2 saturated carbocycles. The first-order valence-corrected chi connectivity index (χ1v) is 12.3. The predicted octanol–water partition coefficient (Wildman–Crippen LogP) is 4.56. The number of anilines is 1. The number of nitrogens with two attached hydrogens (primary N) is 1. The molecule has 6 nitrogen and oxygen atoms in total. The fourth-order valence-corrected chi connectivity index (χ4v) is 7.37. The van der Waals surface area contributed by atoms with Gasteiger partial charge in [0.05, 0.1) is 19.2 Å². The summed E-state index contributed by atoms with van der Waals surface area (Å²) in [6.07, 6.45) is 13.8. The molecule has 4 rings (SSSR count). The molecule has 0 aliphatic heterocycles. The summed E-state index contributed by atoms with van der Waals surface area (Å²) in [6, 6.07) is 0. The van der Waals surface area contributed by atoms with Gasteiger partial charge in [0.2, 0.25) is 5.52 Å². The zero-order valence-corrected chi connectivity index (χ0v) is 20.9. The van der Waals surface area contributed by atoms with E-state index in [0.29, 0.717) is 23.1 Å². The Morgan fingerprint density at radius 2 is 2.00 bits per heavy atom. The molecule has 2 heterocycles. The number of aromatic nitrogens is 4. The van der Waals surface area contributed by atoms with Crippen molar-refractivity contribution < 1.29 is 9.67 Å². The maximum absolute atomic E-state index is 11.4. The van der Waals surface area contributed by atoms with Gasteiger partial charge in [0.1, 0.15) is 0 Å². The van der Waals surface area contributed by atoms with Gasteiger partial charge in [-0.25, -0.2) is 4.57 Å². The molecule has 6 heteroatoms. The minimum absolute atomic E-state index is 0.222. The van der Waals surface area contributed by atoms with Crippen molar-refractivity contribution in [1.29, 1.82) is 0 Å². The fraction of sp³-hybridized carbons (Fsp3) is 0.731. The normalized spacial score (nSPS) is 32.8. The first-order chi connectivity index (χ1) is 15.0. The second-order valence-corrected chi connectivity index (χ2v) is 11.7. The summed E-state index contributed by atoms with van der Waals surface area (Å²) in [5.74, 6) is 1.55. The van der Waals surface area contributed by atoms with Crippen LogP contribution >= 0.6 is 0 Å². The first-order valence-electron chi connectivity index (χ1n) is 12.3. The Hall–Kier alpha value is -1.95. The Morgan fingerprint density at radius 1 is 1.25 bits per heavy atom. The van der Waals surface area contributed by atoms with E-state index in [9.17, 15) is 5.11 Å². The predicted molar refractivity (Wildman–Crippen MR) is 129 cm³/mol. The number of hydrogen-bond donors (Lipinski definition) is 2. The molecule has 0 aromatic carbocycles. The molecule has 176 valence electrons. The molecule has 32 heavy (non-hydrogen) atoms. The Balaban J connectivity index is 1.50. The molecule has 2 aromatic rings. The lowest BCUT2D eigenvalue weighted by molar-refractivity contribution is -0.647. The van der Waals surface area contributed by atoms with E-state index in [1.54, 1.807) is 0 Å². The van der Waals surface area contributed by atoms with E-state index in [-0.39, 0.29) is 5.41 Å². The number of aryl methyl sites for hydroxylation is 1. The summed E-state index contributed by atoms with van der Waals surface area (Å²) in [5, 5.41) is 11.4. The van der Waals surface area contributed by atoms with Crippen LogP contribution in [-0.4, -0.2) is 25.2 Å². The van der Waals surface area contributed by atoms with Crippen molar-refractivity contribution in [3.63, 3.8) is 0 Å². The van der Waals surface area contributed by atoms with Crippen LogP contribution < -0.4 is 10.3 Å². The van der Waals surface area contributed by atoms with E-state index < -0.39 is 5.60 Å². The quantitative estimate of drug-likeness (QED) is 0.528. The molecule has 0 unspecified atom stereocenters. The lowest BCUT2D eigenvalue weighted by Gasteiger charge is -2.61. The Labute approximate surface area is 192 Å². The number of nitrogens with zero attached hydrogens (tertiary/aromatic N) is 4. The smallest absolute Gasteiger partial charge is 0.307 e. The number of hydrogen-bond acceptors (Lipinski definition) is 4. The highest BCUT2D eigenvalue weighted by atomic mass is 16.3. The molecule has 0 bridgehead atoms. The van der Waals surface area contributed by atoms with E-state index in [4.69, 9.17) is 5.73 Å². The average Bonchev–Trinajstić information content (AvgIpc) is 3.02. The van der Waals surface area contributed by atoms with Crippen molar-refractivity contribution in [2.45, 2.75) is 91.7 Å². The van der Waals surface area contributed by atoms with Gasteiger partial charge in [-0.2, -0.15) is 4.98 Å². The molecule has 0 amide bonds. The number of nitrogen functional groups attached to an aromatic ring is 1. The van der Waals surface area contributed by atoms with E-state index >= 15 is 0 Å². The maximum atomic E-state index is 11.4. The largest absolute Gasteiger partial charge is 0.390 e. The van der Waals surface area contributed by atoms with Crippen molar-refractivity contribution in [1.82, 2.24) is 14.5 Å². The number of allylic oxidation sites excluding steroid dienone is 2. The van der Waals surface area contributed by atoms with Crippen molar-refractivity contribution >= 4 is 17.0 Å². The first kappa shape index (κ1) is 23.2. The highest BCUT2D eigenvalue weighted by Crippen LogP contribution is 2.63. The fourth-order valence-electron chi connectivity index (χ4n) is 7.37. The van der Waals surface area contributed by atoms with E-state index in [1.165, 1.54) is 31.2 Å². The van der Waals surface area contributed by atoms with Crippen LogP contribution in [0, 0.1) is 22.7 Å². The van der Waals surface area contributed by atoms with Crippen LogP contribution in [0.1, 0.15) is 79.6 Å². The molecule has 4 atom stereocenters. The van der Waals surface area contributed by atoms with Crippen LogP contribution in [0.2, 0.25) is 0 Å². The maximum Gasteiger partial charge on any atom is 0.307 e. The number of rotatable bonds is 5. The summed E-state index contributed by atoms with van der Waals surface area (Å²) in [5.41, 5.74) is 9.24. The zero-order chi connectivity index (χ0) is 23.3. The number of fused-ring (bicyclic) bond motifs is 2. The molecule has 0 radical (unpaired) electrons. The number of imidazole rings is 1. The third-order valence-electron chi connectivity index (χ3n) is 8.99. The summed E-state index contributed by atoms with van der Waals surface area (Å²) in [7, 11) is 1.98. The van der Waals surface area contributed by atoms with Crippen LogP contribution in [0.5, 0.6) is 0 Å². The molecule has 2 aromatic heterocycles. The van der Waals surface area contributed by atoms with Crippen molar-refractivity contribution in [3.8, 4) is 0 Å². The van der Waals surface area contributed by atoms with Gasteiger partial charge in [-0.15, -0.1) is 0 Å². The minimum Gasteiger partial charge on any atom is -0.390 e. The van der Waals surface area contributed by atoms with Crippen molar-refractivity contribution in [3.05, 3.63) is 24.3 Å². The van der Waals surface area contributed by atoms with Gasteiger partial charge in [0.15, 0.2) is 18.5 Å². The standard InChI is InChI=1S/C26H42N5O/c1-18(11-15-31-17-30(6)23-21(31)22(27)28-16-29-23)8-9-20-25(4)13-7-12-24(2,3)19(25)10-14-26(20,5)32/h11,16-17,19-20,32H,7-10,12-15H2,1-6H3,(H2,27,28,29)/q+1/b18-11+/t19-,20+,25-,26-/m1/s1. The lowest BCUT2D eigenvalue weighted by atomic mass is 9.45. The second kappa shape index (κ2) is 8.12. The Morgan fingerprint density at radius 3 is 2.75 bits per heavy atom. The molecule has 0 saturated heterocycles. The summed E-state index contributed by atoms with van der Waals surface area (Å²) in [4.78, 5) is 8.53. The van der Waals surface area contributed by atoms with Crippen LogP contribution in [-0.2, 0) is 13.6 Å². The summed E-state index contributed by atoms with van der Waals surface area (Å²) < 4.78 is 4.10. The third kappa shape index (κ3) is 3.95. The molecule has 3 N–H and O–H groups in total. The summed E-state index contributed by atoms with van der Waals surface area (Å²) >= 11 is 0. The molecular weight excluding hydrogens is 398 g/mol. The second-order valence-electron chi connectivity index (χ2n) is 11.7. The SMILES string of the molecule is C/C(=C\Cn1c[n+](C)c2ncnc(N)c21)CC[C@H]1[C@]2(C)CCCC(C)(C)[C@H]2CC[C@@]1(C)O. The number of aliphatic hydroxyl groups is 1. The van der Waals surface area contributed by atoms with Crippen LogP contribution in [0.3, 0.4) is 0 Å². The molecule has 2 aliphatic rings. The average molecular weight is 441 g/mol. The van der Waals surface area contributed by atoms with E-state index in [2.05, 4.69) is 55.2 Å². The van der Waals surface area contributed by atoms with Gasteiger partial charge in [-0.05, 0) is 75.0 Å². The topological polar surface area (TPSA) is 80.8 Å². The van der Waals surface area contributed by atoms with Crippen LogP contribution in [0.15, 0.2) is 24.3 Å². The lowest BCUT2D eigenvalue weighted by Crippen LogP contribution is -2.57. The molecular formula is C26H42N5O+. The minimum atomic E-state index is -0.574. The highest BCUT2D eigenvalue weighted by Gasteiger charge is 2.57. The highest BCUT2D eigenvalue weighted by molar-refractivity contribution is 5.79. The van der Waals surface area contributed by atoms with Gasteiger partial charge in [-0.1, -0.05) is 43.8 Å². The Bertz CT molecular complexity index is 1020. The monoisotopic (exact) mass is 440 g/mol. The van der Waals surface area contributed by atoms with Gasteiger partial charge >= 0.3 is 5.65 Å². The van der Waals surface area contributed by atoms with Crippen molar-refractivity contribution in [2.75, 3.05) is 5.73 Å². The zero-order valence-electron chi connectivity index (χ0n) is 20.9. The van der Waals surface area contributed by atoms with Crippen LogP contribution in [0.25, 0.3) is 11.2 Å². The molecule has 2 fully saturated rings. The van der Waals surface area contributed by atoms with Gasteiger partial charge in [0.25, 0.3) is 0 Å². The van der Waals surface area contributed by atoms with Gasteiger partial charge in [-0.3, -0.25) is 4.57 Å². The van der Waals surface area contributed by atoms with E-state index in [0.717, 1.165) is 43.4 Å². The van der Waals surface area contributed by atoms with Gasteiger partial charge < -0.3 is 10.8 Å². The van der Waals surface area contributed by atoms with Gasteiger partial charge in [0, 0.05) is 0 Å².